The van der Waals surface area contributed by atoms with E-state index >= 15 is 0 Å². The zero-order valence-electron chi connectivity index (χ0n) is 13.7. The lowest BCUT2D eigenvalue weighted by Gasteiger charge is -2.13. The number of hydrogen-bond acceptors (Lipinski definition) is 7. The van der Waals surface area contributed by atoms with Crippen LogP contribution in [0.1, 0.15) is 34.6 Å². The number of non-ortho nitro benzene ring substituents is 1. The fourth-order valence-corrected chi connectivity index (χ4v) is 2.27. The van der Waals surface area contributed by atoms with Gasteiger partial charge in [-0.05, 0) is 19.4 Å². The molecule has 2 aromatic rings. The van der Waals surface area contributed by atoms with Gasteiger partial charge in [-0.25, -0.2) is 9.59 Å². The van der Waals surface area contributed by atoms with Crippen LogP contribution < -0.4 is 0 Å². The third kappa shape index (κ3) is 3.97. The fourth-order valence-electron chi connectivity index (χ4n) is 2.27. The Balaban J connectivity index is 2.70. The van der Waals surface area contributed by atoms with Crippen LogP contribution in [0.2, 0.25) is 0 Å². The molecule has 0 spiro atoms. The summed E-state index contributed by atoms with van der Waals surface area (Å²) in [5.41, 5.74) is 0.415. The fraction of sp³-hybridized carbons (Fsp3) is 0.235. The molecule has 8 nitrogen and oxygen atoms in total. The minimum absolute atomic E-state index is 0.0351. The molecule has 0 N–H and O–H groups in total. The van der Waals surface area contributed by atoms with Gasteiger partial charge in [0.1, 0.15) is 0 Å². The maximum Gasteiger partial charge on any atom is 0.340 e. The summed E-state index contributed by atoms with van der Waals surface area (Å²) in [6.07, 6.45) is 2.52. The van der Waals surface area contributed by atoms with Crippen molar-refractivity contribution < 1.29 is 24.0 Å². The summed E-state index contributed by atoms with van der Waals surface area (Å²) in [5.74, 6) is -1.36. The Morgan fingerprint density at radius 3 is 2.12 bits per heavy atom. The van der Waals surface area contributed by atoms with Crippen molar-refractivity contribution in [1.29, 1.82) is 0 Å². The van der Waals surface area contributed by atoms with Crippen molar-refractivity contribution in [3.05, 3.63) is 57.9 Å². The molecule has 0 amide bonds. The Kier molecular flexibility index (Phi) is 5.78. The highest BCUT2D eigenvalue weighted by Crippen LogP contribution is 2.31. The second kappa shape index (κ2) is 8.00. The van der Waals surface area contributed by atoms with Gasteiger partial charge in [-0.3, -0.25) is 15.1 Å². The molecular weight excluding hydrogens is 328 g/mol. The SMILES string of the molecule is CCOC(=O)c1cncc(C(=O)OCC)c1-c1cccc([N+](=O)[O-])c1. The normalized spacial score (nSPS) is 10.2. The Bertz CT molecular complexity index is 782. The van der Waals surface area contributed by atoms with E-state index in [0.29, 0.717) is 5.56 Å². The van der Waals surface area contributed by atoms with E-state index in [1.54, 1.807) is 19.9 Å². The van der Waals surface area contributed by atoms with E-state index in [-0.39, 0.29) is 35.6 Å². The van der Waals surface area contributed by atoms with Crippen LogP contribution >= 0.6 is 0 Å². The number of carbonyl (C=O) groups excluding carboxylic acids is 2. The van der Waals surface area contributed by atoms with Gasteiger partial charge < -0.3 is 9.47 Å². The van der Waals surface area contributed by atoms with Crippen molar-refractivity contribution in [2.75, 3.05) is 13.2 Å². The first kappa shape index (κ1) is 18.1. The average molecular weight is 344 g/mol. The number of aromatic nitrogens is 1. The molecule has 130 valence electrons. The third-order valence-corrected chi connectivity index (χ3v) is 3.28. The van der Waals surface area contributed by atoms with Crippen molar-refractivity contribution in [3.63, 3.8) is 0 Å². The van der Waals surface area contributed by atoms with E-state index in [1.807, 2.05) is 0 Å². The number of pyridine rings is 1. The Hall–Kier alpha value is -3.29. The quantitative estimate of drug-likeness (QED) is 0.450. The minimum Gasteiger partial charge on any atom is -0.462 e. The topological polar surface area (TPSA) is 109 Å². The number of hydrogen-bond donors (Lipinski definition) is 0. The monoisotopic (exact) mass is 344 g/mol. The van der Waals surface area contributed by atoms with Crippen molar-refractivity contribution in [2.24, 2.45) is 0 Å². The molecule has 1 aromatic carbocycles. The number of nitro benzene ring substituents is 1. The summed E-state index contributed by atoms with van der Waals surface area (Å²) >= 11 is 0. The van der Waals surface area contributed by atoms with Crippen LogP contribution in [0.5, 0.6) is 0 Å². The van der Waals surface area contributed by atoms with E-state index in [4.69, 9.17) is 9.47 Å². The lowest BCUT2D eigenvalue weighted by Crippen LogP contribution is -2.13. The number of nitro groups is 1. The molecule has 0 saturated carbocycles. The lowest BCUT2D eigenvalue weighted by molar-refractivity contribution is -0.384. The van der Waals surface area contributed by atoms with Crippen LogP contribution in [0.25, 0.3) is 11.1 Å². The maximum absolute atomic E-state index is 12.2. The molecule has 8 heteroatoms. The van der Waals surface area contributed by atoms with Crippen LogP contribution in [0.15, 0.2) is 36.7 Å². The second-order valence-corrected chi connectivity index (χ2v) is 4.86. The molecule has 0 fully saturated rings. The van der Waals surface area contributed by atoms with Gasteiger partial charge in [0.25, 0.3) is 5.69 Å². The summed E-state index contributed by atoms with van der Waals surface area (Å²) in [7, 11) is 0. The highest BCUT2D eigenvalue weighted by atomic mass is 16.6. The highest BCUT2D eigenvalue weighted by molar-refractivity contribution is 6.05. The molecule has 0 saturated heterocycles. The van der Waals surface area contributed by atoms with Gasteiger partial charge in [0.05, 0.1) is 29.3 Å². The van der Waals surface area contributed by atoms with Crippen molar-refractivity contribution >= 4 is 17.6 Å². The molecule has 1 heterocycles. The summed E-state index contributed by atoms with van der Waals surface area (Å²) < 4.78 is 10.00. The van der Waals surface area contributed by atoms with Crippen LogP contribution in [0.4, 0.5) is 5.69 Å². The second-order valence-electron chi connectivity index (χ2n) is 4.86. The smallest absolute Gasteiger partial charge is 0.340 e. The van der Waals surface area contributed by atoms with Crippen LogP contribution in [-0.4, -0.2) is 35.1 Å². The number of benzene rings is 1. The van der Waals surface area contributed by atoms with E-state index < -0.39 is 16.9 Å². The van der Waals surface area contributed by atoms with Crippen LogP contribution in [0, 0.1) is 10.1 Å². The first-order chi connectivity index (χ1) is 12.0. The van der Waals surface area contributed by atoms with Gasteiger partial charge in [0.2, 0.25) is 0 Å². The molecule has 0 bridgehead atoms. The predicted molar refractivity (Wildman–Crippen MR) is 88.2 cm³/mol. The van der Waals surface area contributed by atoms with Gasteiger partial charge in [0, 0.05) is 30.1 Å². The van der Waals surface area contributed by atoms with Gasteiger partial charge >= 0.3 is 11.9 Å². The Morgan fingerprint density at radius 1 is 1.08 bits per heavy atom. The summed E-state index contributed by atoms with van der Waals surface area (Å²) in [5, 5.41) is 11.0. The summed E-state index contributed by atoms with van der Waals surface area (Å²) in [4.78, 5) is 38.9. The van der Waals surface area contributed by atoms with Gasteiger partial charge in [-0.15, -0.1) is 0 Å². The number of nitrogens with zero attached hydrogens (tertiary/aromatic N) is 2. The van der Waals surface area contributed by atoms with Gasteiger partial charge in [0.15, 0.2) is 0 Å². The minimum atomic E-state index is -0.678. The molecule has 0 unspecified atom stereocenters. The summed E-state index contributed by atoms with van der Waals surface area (Å²) in [6.45, 7) is 3.56. The van der Waals surface area contributed by atoms with E-state index in [2.05, 4.69) is 4.98 Å². The number of rotatable bonds is 6. The molecular formula is C17H16N2O6. The maximum atomic E-state index is 12.2. The largest absolute Gasteiger partial charge is 0.462 e. The lowest BCUT2D eigenvalue weighted by atomic mass is 9.96. The van der Waals surface area contributed by atoms with Gasteiger partial charge in [-0.2, -0.15) is 0 Å². The Morgan fingerprint density at radius 2 is 1.64 bits per heavy atom. The standard InChI is InChI=1S/C17H16N2O6/c1-3-24-16(20)13-9-18-10-14(17(21)25-4-2)15(13)11-6-5-7-12(8-11)19(22)23/h5-10H,3-4H2,1-2H3. The molecule has 0 aliphatic heterocycles. The molecule has 25 heavy (non-hydrogen) atoms. The molecule has 1 aromatic heterocycles. The Labute approximate surface area is 143 Å². The van der Waals surface area contributed by atoms with E-state index in [1.165, 1.54) is 30.6 Å². The van der Waals surface area contributed by atoms with Crippen LogP contribution in [-0.2, 0) is 9.47 Å². The number of ether oxygens (including phenoxy) is 2. The molecule has 0 radical (unpaired) electrons. The van der Waals surface area contributed by atoms with E-state index in [9.17, 15) is 19.7 Å². The zero-order valence-corrected chi connectivity index (χ0v) is 13.7. The molecule has 2 rings (SSSR count). The van der Waals surface area contributed by atoms with E-state index in [0.717, 1.165) is 0 Å². The number of carbonyl (C=O) groups is 2. The highest BCUT2D eigenvalue weighted by Gasteiger charge is 2.24. The molecule has 0 aliphatic rings. The zero-order chi connectivity index (χ0) is 18.4. The van der Waals surface area contributed by atoms with Crippen molar-refractivity contribution in [2.45, 2.75) is 13.8 Å². The first-order valence-corrected chi connectivity index (χ1v) is 7.56. The average Bonchev–Trinajstić information content (AvgIpc) is 2.61. The molecule has 0 atom stereocenters. The first-order valence-electron chi connectivity index (χ1n) is 7.56. The van der Waals surface area contributed by atoms with Crippen molar-refractivity contribution in [3.8, 4) is 11.1 Å². The number of esters is 2. The summed E-state index contributed by atoms with van der Waals surface area (Å²) in [6, 6.07) is 5.63. The third-order valence-electron chi connectivity index (χ3n) is 3.28. The van der Waals surface area contributed by atoms with Crippen LogP contribution in [0.3, 0.4) is 0 Å². The molecule has 0 aliphatic carbocycles. The predicted octanol–water partition coefficient (Wildman–Crippen LogP) is 3.01. The van der Waals surface area contributed by atoms with Gasteiger partial charge in [-0.1, -0.05) is 12.1 Å². The van der Waals surface area contributed by atoms with Crippen molar-refractivity contribution in [1.82, 2.24) is 4.98 Å².